The standard InChI is InChI=1S/C14H29N3O2/c1-5-12(6-2)16-13(18)15-11-14(3,4)17-7-9-19-10-8-17/h12H,5-11H2,1-4H3,(H2,15,16,18). The second-order valence-corrected chi connectivity index (χ2v) is 5.75. The maximum Gasteiger partial charge on any atom is 0.315 e. The van der Waals surface area contributed by atoms with Crippen molar-refractivity contribution in [1.82, 2.24) is 15.5 Å². The molecule has 0 unspecified atom stereocenters. The zero-order valence-electron chi connectivity index (χ0n) is 12.8. The zero-order chi connectivity index (χ0) is 14.3. The van der Waals surface area contributed by atoms with Gasteiger partial charge in [-0.2, -0.15) is 0 Å². The lowest BCUT2D eigenvalue weighted by molar-refractivity contribution is -0.00876. The number of carbonyl (C=O) groups is 1. The van der Waals surface area contributed by atoms with Crippen molar-refractivity contribution in [3.8, 4) is 0 Å². The Hall–Kier alpha value is -0.810. The summed E-state index contributed by atoms with van der Waals surface area (Å²) in [5.41, 5.74) is -0.0327. The molecule has 0 aliphatic carbocycles. The van der Waals surface area contributed by atoms with E-state index < -0.39 is 0 Å². The van der Waals surface area contributed by atoms with Gasteiger partial charge >= 0.3 is 6.03 Å². The molecule has 1 saturated heterocycles. The van der Waals surface area contributed by atoms with E-state index in [1.54, 1.807) is 0 Å². The SMILES string of the molecule is CCC(CC)NC(=O)NCC(C)(C)N1CCOCC1. The molecule has 1 heterocycles. The molecule has 0 radical (unpaired) electrons. The Morgan fingerprint density at radius 1 is 1.26 bits per heavy atom. The number of amides is 2. The summed E-state index contributed by atoms with van der Waals surface area (Å²) in [6, 6.07) is 0.210. The van der Waals surface area contributed by atoms with E-state index in [-0.39, 0.29) is 17.6 Å². The molecule has 2 amide bonds. The first-order valence-electron chi connectivity index (χ1n) is 7.36. The fourth-order valence-electron chi connectivity index (χ4n) is 2.31. The third-order valence-electron chi connectivity index (χ3n) is 3.87. The van der Waals surface area contributed by atoms with Gasteiger partial charge in [0.05, 0.1) is 13.2 Å². The minimum Gasteiger partial charge on any atom is -0.379 e. The molecule has 0 spiro atoms. The summed E-state index contributed by atoms with van der Waals surface area (Å²) in [7, 11) is 0. The molecule has 1 aliphatic heterocycles. The minimum absolute atomic E-state index is 0.0327. The van der Waals surface area contributed by atoms with Crippen molar-refractivity contribution in [1.29, 1.82) is 0 Å². The van der Waals surface area contributed by atoms with Gasteiger partial charge in [0.25, 0.3) is 0 Å². The molecule has 112 valence electrons. The number of rotatable bonds is 6. The molecule has 0 atom stereocenters. The van der Waals surface area contributed by atoms with Gasteiger partial charge in [0, 0.05) is 31.2 Å². The van der Waals surface area contributed by atoms with E-state index in [4.69, 9.17) is 4.74 Å². The van der Waals surface area contributed by atoms with Crippen LogP contribution in [0.25, 0.3) is 0 Å². The molecule has 5 nitrogen and oxygen atoms in total. The molecule has 0 aromatic rings. The largest absolute Gasteiger partial charge is 0.379 e. The summed E-state index contributed by atoms with van der Waals surface area (Å²) in [5.74, 6) is 0. The van der Waals surface area contributed by atoms with Crippen LogP contribution >= 0.6 is 0 Å². The first-order chi connectivity index (χ1) is 8.99. The highest BCUT2D eigenvalue weighted by atomic mass is 16.5. The Kier molecular flexibility index (Phi) is 6.58. The molecule has 0 saturated carbocycles. The molecule has 0 aromatic heterocycles. The number of nitrogens with zero attached hydrogens (tertiary/aromatic N) is 1. The molecule has 19 heavy (non-hydrogen) atoms. The Morgan fingerprint density at radius 2 is 1.84 bits per heavy atom. The Bertz CT molecular complexity index is 272. The second-order valence-electron chi connectivity index (χ2n) is 5.75. The van der Waals surface area contributed by atoms with Crippen LogP contribution in [0.1, 0.15) is 40.5 Å². The number of morpholine rings is 1. The van der Waals surface area contributed by atoms with E-state index in [2.05, 4.69) is 43.2 Å². The maximum atomic E-state index is 11.8. The van der Waals surface area contributed by atoms with Gasteiger partial charge in [-0.3, -0.25) is 4.90 Å². The summed E-state index contributed by atoms with van der Waals surface area (Å²) >= 11 is 0. The Balaban J connectivity index is 2.35. The third-order valence-corrected chi connectivity index (χ3v) is 3.87. The second kappa shape index (κ2) is 7.70. The van der Waals surface area contributed by atoms with Gasteiger partial charge in [0.2, 0.25) is 0 Å². The predicted molar refractivity (Wildman–Crippen MR) is 77.4 cm³/mol. The van der Waals surface area contributed by atoms with Crippen molar-refractivity contribution >= 4 is 6.03 Å². The molecule has 1 aliphatic rings. The minimum atomic E-state index is -0.0602. The summed E-state index contributed by atoms with van der Waals surface area (Å²) in [5, 5.41) is 5.99. The van der Waals surface area contributed by atoms with Gasteiger partial charge in [0.15, 0.2) is 0 Å². The van der Waals surface area contributed by atoms with Crippen LogP contribution in [0.2, 0.25) is 0 Å². The van der Waals surface area contributed by atoms with Crippen LogP contribution in [-0.2, 0) is 4.74 Å². The first-order valence-corrected chi connectivity index (χ1v) is 7.36. The predicted octanol–water partition coefficient (Wildman–Crippen LogP) is 1.58. The average molecular weight is 271 g/mol. The van der Waals surface area contributed by atoms with Crippen LogP contribution in [0.5, 0.6) is 0 Å². The number of urea groups is 1. The highest BCUT2D eigenvalue weighted by Gasteiger charge is 2.28. The van der Waals surface area contributed by atoms with Crippen LogP contribution in [0, 0.1) is 0 Å². The fourth-order valence-corrected chi connectivity index (χ4v) is 2.31. The zero-order valence-corrected chi connectivity index (χ0v) is 12.8. The first kappa shape index (κ1) is 16.2. The van der Waals surface area contributed by atoms with Gasteiger partial charge in [-0.1, -0.05) is 13.8 Å². The molecule has 2 N–H and O–H groups in total. The number of ether oxygens (including phenoxy) is 1. The maximum absolute atomic E-state index is 11.8. The number of hydrogen-bond acceptors (Lipinski definition) is 3. The van der Waals surface area contributed by atoms with Gasteiger partial charge in [-0.25, -0.2) is 4.79 Å². The van der Waals surface area contributed by atoms with Crippen molar-refractivity contribution in [3.63, 3.8) is 0 Å². The molecular weight excluding hydrogens is 242 g/mol. The molecule has 1 rings (SSSR count). The third kappa shape index (κ3) is 5.37. The highest BCUT2D eigenvalue weighted by molar-refractivity contribution is 5.74. The topological polar surface area (TPSA) is 53.6 Å². The van der Waals surface area contributed by atoms with Crippen molar-refractivity contribution in [2.75, 3.05) is 32.8 Å². The van der Waals surface area contributed by atoms with E-state index >= 15 is 0 Å². The van der Waals surface area contributed by atoms with Gasteiger partial charge in [-0.15, -0.1) is 0 Å². The van der Waals surface area contributed by atoms with E-state index in [0.29, 0.717) is 6.54 Å². The van der Waals surface area contributed by atoms with Gasteiger partial charge < -0.3 is 15.4 Å². The summed E-state index contributed by atoms with van der Waals surface area (Å²) in [6.45, 7) is 12.6. The fraction of sp³-hybridized carbons (Fsp3) is 0.929. The lowest BCUT2D eigenvalue weighted by Crippen LogP contribution is -2.56. The van der Waals surface area contributed by atoms with E-state index in [0.717, 1.165) is 39.1 Å². The molecular formula is C14H29N3O2. The monoisotopic (exact) mass is 271 g/mol. The molecule has 1 fully saturated rings. The lowest BCUT2D eigenvalue weighted by Gasteiger charge is -2.40. The number of carbonyl (C=O) groups excluding carboxylic acids is 1. The van der Waals surface area contributed by atoms with Crippen LogP contribution in [0.3, 0.4) is 0 Å². The summed E-state index contributed by atoms with van der Waals surface area (Å²) in [4.78, 5) is 14.2. The quantitative estimate of drug-likeness (QED) is 0.771. The molecule has 0 bridgehead atoms. The van der Waals surface area contributed by atoms with E-state index in [1.807, 2.05) is 0 Å². The van der Waals surface area contributed by atoms with Crippen LogP contribution in [0.4, 0.5) is 4.79 Å². The number of hydrogen-bond donors (Lipinski definition) is 2. The Morgan fingerprint density at radius 3 is 2.37 bits per heavy atom. The highest BCUT2D eigenvalue weighted by Crippen LogP contribution is 2.14. The van der Waals surface area contributed by atoms with Gasteiger partial charge in [-0.05, 0) is 26.7 Å². The van der Waals surface area contributed by atoms with E-state index in [9.17, 15) is 4.79 Å². The summed E-state index contributed by atoms with van der Waals surface area (Å²) < 4.78 is 5.36. The van der Waals surface area contributed by atoms with Gasteiger partial charge in [0.1, 0.15) is 0 Å². The van der Waals surface area contributed by atoms with Crippen LogP contribution in [0.15, 0.2) is 0 Å². The van der Waals surface area contributed by atoms with Crippen LogP contribution in [-0.4, -0.2) is 55.4 Å². The number of nitrogens with one attached hydrogen (secondary N) is 2. The van der Waals surface area contributed by atoms with Crippen molar-refractivity contribution in [2.45, 2.75) is 52.1 Å². The van der Waals surface area contributed by atoms with Crippen LogP contribution < -0.4 is 10.6 Å². The smallest absolute Gasteiger partial charge is 0.315 e. The molecule has 0 aromatic carbocycles. The van der Waals surface area contributed by atoms with Crippen molar-refractivity contribution in [2.24, 2.45) is 0 Å². The van der Waals surface area contributed by atoms with Crippen molar-refractivity contribution in [3.05, 3.63) is 0 Å². The lowest BCUT2D eigenvalue weighted by atomic mass is 10.0. The van der Waals surface area contributed by atoms with E-state index in [1.165, 1.54) is 0 Å². The Labute approximate surface area is 117 Å². The van der Waals surface area contributed by atoms with Crippen molar-refractivity contribution < 1.29 is 9.53 Å². The summed E-state index contributed by atoms with van der Waals surface area (Å²) in [6.07, 6.45) is 1.94. The average Bonchev–Trinajstić information content (AvgIpc) is 2.43. The molecule has 5 heteroatoms. The normalized spacial score (nSPS) is 17.5.